The average Bonchev–Trinajstić information content (AvgIpc) is 3.19. The predicted molar refractivity (Wildman–Crippen MR) is 111 cm³/mol. The van der Waals surface area contributed by atoms with Crippen LogP contribution in [0.2, 0.25) is 0 Å². The Bertz CT molecular complexity index is 1430. The van der Waals surface area contributed by atoms with Crippen LogP contribution in [0, 0.1) is 17.5 Å². The lowest BCUT2D eigenvalue weighted by Crippen LogP contribution is -2.27. The molecule has 1 aromatic carbocycles. The Morgan fingerprint density at radius 3 is 2.66 bits per heavy atom. The molecule has 32 heavy (non-hydrogen) atoms. The minimum Gasteiger partial charge on any atom is -0.383 e. The number of nitrogens with zero attached hydrogens (tertiary/aromatic N) is 4. The van der Waals surface area contributed by atoms with Gasteiger partial charge in [-0.3, -0.25) is 9.20 Å². The number of anilines is 2. The highest BCUT2D eigenvalue weighted by molar-refractivity contribution is 6.06. The lowest BCUT2D eigenvalue weighted by Gasteiger charge is -2.16. The molecule has 5 rings (SSSR count). The fraction of sp³-hybridized carbons (Fsp3) is 0.182. The van der Waals surface area contributed by atoms with Gasteiger partial charge in [0.15, 0.2) is 17.5 Å². The van der Waals surface area contributed by atoms with Crippen LogP contribution in [0.4, 0.5) is 24.8 Å². The predicted octanol–water partition coefficient (Wildman–Crippen LogP) is 3.61. The molecule has 10 heteroatoms. The van der Waals surface area contributed by atoms with E-state index < -0.39 is 22.9 Å². The van der Waals surface area contributed by atoms with Gasteiger partial charge in [0.05, 0.1) is 16.5 Å². The molecule has 0 unspecified atom stereocenters. The van der Waals surface area contributed by atoms with Crippen LogP contribution in [0.15, 0.2) is 36.5 Å². The number of aromatic nitrogens is 4. The van der Waals surface area contributed by atoms with Gasteiger partial charge in [0, 0.05) is 12.6 Å². The maximum Gasteiger partial charge on any atom is 0.235 e. The molecule has 3 aromatic heterocycles. The summed E-state index contributed by atoms with van der Waals surface area (Å²) in [7, 11) is 0. The first kappa shape index (κ1) is 20.0. The molecule has 1 aliphatic rings. The first-order valence-electron chi connectivity index (χ1n) is 9.76. The minimum atomic E-state index is -0.995. The highest BCUT2D eigenvalue weighted by Crippen LogP contribution is 2.40. The fourth-order valence-corrected chi connectivity index (χ4v) is 3.93. The first-order chi connectivity index (χ1) is 15.2. The number of imidazole rings is 1. The number of fused-ring (bicyclic) bond motifs is 2. The summed E-state index contributed by atoms with van der Waals surface area (Å²) in [5.41, 5.74) is 6.53. The van der Waals surface area contributed by atoms with Gasteiger partial charge in [-0.05, 0) is 37.6 Å². The molecule has 0 fully saturated rings. The Morgan fingerprint density at radius 1 is 1.09 bits per heavy atom. The van der Waals surface area contributed by atoms with Gasteiger partial charge in [-0.1, -0.05) is 12.1 Å². The van der Waals surface area contributed by atoms with E-state index in [1.54, 1.807) is 13.8 Å². The van der Waals surface area contributed by atoms with Gasteiger partial charge in [-0.25, -0.2) is 28.1 Å². The number of rotatable bonds is 3. The number of carbonyl (C=O) groups excluding carboxylic acids is 1. The molecular formula is C22H17F3N6O. The van der Waals surface area contributed by atoms with Crippen LogP contribution >= 0.6 is 0 Å². The number of halogens is 3. The number of hydrogen-bond acceptors (Lipinski definition) is 5. The third-order valence-electron chi connectivity index (χ3n) is 5.63. The van der Waals surface area contributed by atoms with Crippen molar-refractivity contribution in [3.8, 4) is 11.5 Å². The highest BCUT2D eigenvalue weighted by Gasteiger charge is 2.42. The number of carbonyl (C=O) groups is 1. The van der Waals surface area contributed by atoms with Gasteiger partial charge < -0.3 is 11.1 Å². The van der Waals surface area contributed by atoms with Crippen LogP contribution in [0.5, 0.6) is 0 Å². The molecule has 7 nitrogen and oxygen atoms in total. The normalized spacial score (nSPS) is 14.6. The molecule has 162 valence electrons. The van der Waals surface area contributed by atoms with Crippen molar-refractivity contribution in [3.63, 3.8) is 0 Å². The summed E-state index contributed by atoms with van der Waals surface area (Å²) in [4.78, 5) is 25.6. The van der Waals surface area contributed by atoms with Crippen molar-refractivity contribution in [1.82, 2.24) is 19.4 Å². The van der Waals surface area contributed by atoms with Crippen LogP contribution in [0.3, 0.4) is 0 Å². The number of pyridine rings is 1. The molecule has 0 saturated heterocycles. The number of hydrogen-bond donors (Lipinski definition) is 2. The van der Waals surface area contributed by atoms with Gasteiger partial charge in [-0.15, -0.1) is 0 Å². The maximum absolute atomic E-state index is 14.2. The molecular weight excluding hydrogens is 421 g/mol. The van der Waals surface area contributed by atoms with Crippen molar-refractivity contribution in [2.45, 2.75) is 25.7 Å². The zero-order valence-corrected chi connectivity index (χ0v) is 17.1. The van der Waals surface area contributed by atoms with E-state index in [0.717, 1.165) is 6.07 Å². The quantitative estimate of drug-likeness (QED) is 0.509. The molecule has 4 aromatic rings. The van der Waals surface area contributed by atoms with E-state index in [2.05, 4.69) is 20.3 Å². The summed E-state index contributed by atoms with van der Waals surface area (Å²) in [5, 5.41) is 2.70. The van der Waals surface area contributed by atoms with Gasteiger partial charge in [0.2, 0.25) is 5.91 Å². The van der Waals surface area contributed by atoms with Gasteiger partial charge >= 0.3 is 0 Å². The topological polar surface area (TPSA) is 98.2 Å². The molecule has 4 heterocycles. The lowest BCUT2D eigenvalue weighted by atomic mass is 9.87. The van der Waals surface area contributed by atoms with E-state index in [0.29, 0.717) is 11.1 Å². The van der Waals surface area contributed by atoms with E-state index in [1.165, 1.54) is 34.9 Å². The summed E-state index contributed by atoms with van der Waals surface area (Å²) >= 11 is 0. The molecule has 0 atom stereocenters. The number of nitrogens with one attached hydrogen (secondary N) is 1. The van der Waals surface area contributed by atoms with E-state index in [-0.39, 0.29) is 46.9 Å². The van der Waals surface area contributed by atoms with Crippen LogP contribution in [-0.4, -0.2) is 25.3 Å². The largest absolute Gasteiger partial charge is 0.383 e. The summed E-state index contributed by atoms with van der Waals surface area (Å²) in [5.74, 6) is -2.00. The Balaban J connectivity index is 1.68. The molecule has 3 N–H and O–H groups in total. The number of nitrogens with two attached hydrogens (primary N) is 1. The molecule has 1 aliphatic heterocycles. The van der Waals surface area contributed by atoms with Crippen molar-refractivity contribution in [2.75, 3.05) is 11.1 Å². The maximum atomic E-state index is 14.2. The Kier molecular flexibility index (Phi) is 4.23. The van der Waals surface area contributed by atoms with E-state index in [9.17, 15) is 18.0 Å². The van der Waals surface area contributed by atoms with Crippen molar-refractivity contribution in [1.29, 1.82) is 0 Å². The average molecular weight is 438 g/mol. The van der Waals surface area contributed by atoms with Crippen molar-refractivity contribution in [2.24, 2.45) is 0 Å². The zero-order valence-electron chi connectivity index (χ0n) is 17.1. The number of benzene rings is 1. The summed E-state index contributed by atoms with van der Waals surface area (Å²) in [6, 6.07) is 6.57. The smallest absolute Gasteiger partial charge is 0.235 e. The molecule has 0 saturated carbocycles. The summed E-state index contributed by atoms with van der Waals surface area (Å²) in [6.45, 7) is 3.43. The first-order valence-corrected chi connectivity index (χ1v) is 9.76. The SMILES string of the molecule is CC1(C)C(=O)Nc2nc(-c3nc(Cc4cccc(F)c4F)n4cc(F)ccc34)nc(N)c21. The van der Waals surface area contributed by atoms with Crippen LogP contribution in [0.1, 0.15) is 30.8 Å². The van der Waals surface area contributed by atoms with Crippen LogP contribution in [-0.2, 0) is 16.6 Å². The zero-order chi connectivity index (χ0) is 22.8. The lowest BCUT2D eigenvalue weighted by molar-refractivity contribution is -0.119. The Morgan fingerprint density at radius 2 is 1.88 bits per heavy atom. The van der Waals surface area contributed by atoms with Crippen molar-refractivity contribution < 1.29 is 18.0 Å². The molecule has 1 amide bonds. The highest BCUT2D eigenvalue weighted by atomic mass is 19.2. The minimum absolute atomic E-state index is 0.0658. The monoisotopic (exact) mass is 438 g/mol. The summed E-state index contributed by atoms with van der Waals surface area (Å²) in [6.07, 6.45) is 1.10. The number of nitrogen functional groups attached to an aromatic ring is 1. The van der Waals surface area contributed by atoms with Crippen LogP contribution < -0.4 is 11.1 Å². The molecule has 0 spiro atoms. The van der Waals surface area contributed by atoms with Gasteiger partial charge in [0.1, 0.15) is 29.0 Å². The van der Waals surface area contributed by atoms with Gasteiger partial charge in [0.25, 0.3) is 0 Å². The Labute approximate surface area is 180 Å². The molecule has 0 aliphatic carbocycles. The Hall–Kier alpha value is -3.95. The van der Waals surface area contributed by atoms with E-state index in [1.807, 2.05) is 0 Å². The second-order valence-electron chi connectivity index (χ2n) is 8.10. The van der Waals surface area contributed by atoms with Crippen LogP contribution in [0.25, 0.3) is 17.0 Å². The third-order valence-corrected chi connectivity index (χ3v) is 5.63. The summed E-state index contributed by atoms with van der Waals surface area (Å²) < 4.78 is 43.3. The number of amides is 1. The second-order valence-corrected chi connectivity index (χ2v) is 8.10. The van der Waals surface area contributed by atoms with Crippen molar-refractivity contribution in [3.05, 3.63) is 70.9 Å². The fourth-order valence-electron chi connectivity index (χ4n) is 3.93. The van der Waals surface area contributed by atoms with E-state index >= 15 is 0 Å². The third kappa shape index (κ3) is 2.90. The molecule has 0 radical (unpaired) electrons. The van der Waals surface area contributed by atoms with E-state index in [4.69, 9.17) is 5.73 Å². The standard InChI is InChI=1S/C22H17F3N6O/c1-22(2)15-18(26)28-20(29-19(15)30-21(22)32)17-13-7-6-11(23)9-31(13)14(27-17)8-10-4-3-5-12(24)16(10)25/h3-7,9H,8H2,1-2H3,(H3,26,28,29,30,32). The molecule has 0 bridgehead atoms. The second kappa shape index (κ2) is 6.78. The van der Waals surface area contributed by atoms with Gasteiger partial charge in [-0.2, -0.15) is 0 Å². The van der Waals surface area contributed by atoms with Crippen molar-refractivity contribution >= 4 is 23.1 Å².